The van der Waals surface area contributed by atoms with Crippen molar-refractivity contribution in [3.63, 3.8) is 0 Å². The summed E-state index contributed by atoms with van der Waals surface area (Å²) in [5, 5.41) is 5.24. The molecule has 0 atom stereocenters. The summed E-state index contributed by atoms with van der Waals surface area (Å²) in [4.78, 5) is 28.5. The summed E-state index contributed by atoms with van der Waals surface area (Å²) in [7, 11) is 0. The number of hydrogen-bond acceptors (Lipinski definition) is 3. The molecule has 3 aromatic rings. The molecular formula is C25H29N3O2S. The van der Waals surface area contributed by atoms with E-state index in [0.717, 1.165) is 48.1 Å². The molecule has 3 heterocycles. The average molecular weight is 436 g/mol. The van der Waals surface area contributed by atoms with Crippen LogP contribution in [0.4, 0.5) is 5.69 Å². The van der Waals surface area contributed by atoms with Gasteiger partial charge in [0.15, 0.2) is 0 Å². The van der Waals surface area contributed by atoms with Crippen molar-refractivity contribution in [3.05, 3.63) is 52.5 Å². The number of carbonyl (C=O) groups is 2. The second-order valence-electron chi connectivity index (χ2n) is 8.88. The van der Waals surface area contributed by atoms with E-state index in [1.807, 2.05) is 27.0 Å². The highest BCUT2D eigenvalue weighted by molar-refractivity contribution is 7.17. The van der Waals surface area contributed by atoms with E-state index in [-0.39, 0.29) is 24.4 Å². The van der Waals surface area contributed by atoms with E-state index in [4.69, 9.17) is 0 Å². The van der Waals surface area contributed by atoms with Crippen LogP contribution in [0, 0.1) is 6.92 Å². The Kier molecular flexibility index (Phi) is 5.57. The highest BCUT2D eigenvalue weighted by atomic mass is 32.1. The summed E-state index contributed by atoms with van der Waals surface area (Å²) in [5.74, 6) is -0.0158. The Morgan fingerprint density at radius 3 is 2.77 bits per heavy atom. The van der Waals surface area contributed by atoms with Gasteiger partial charge >= 0.3 is 0 Å². The molecule has 2 aliphatic rings. The van der Waals surface area contributed by atoms with Crippen molar-refractivity contribution in [1.82, 2.24) is 9.88 Å². The first-order valence-electron chi connectivity index (χ1n) is 11.4. The fourth-order valence-corrected chi connectivity index (χ4v) is 5.87. The predicted molar refractivity (Wildman–Crippen MR) is 126 cm³/mol. The summed E-state index contributed by atoms with van der Waals surface area (Å²) in [6.45, 7) is 3.00. The molecule has 31 heavy (non-hydrogen) atoms. The molecule has 0 spiro atoms. The molecule has 0 bridgehead atoms. The lowest BCUT2D eigenvalue weighted by Crippen LogP contribution is -2.40. The Hall–Kier alpha value is -2.60. The average Bonchev–Trinajstić information content (AvgIpc) is 3.36. The van der Waals surface area contributed by atoms with Crippen molar-refractivity contribution in [2.75, 3.05) is 11.4 Å². The summed E-state index contributed by atoms with van der Waals surface area (Å²) in [6, 6.07) is 10.5. The Labute approximate surface area is 187 Å². The lowest BCUT2D eigenvalue weighted by atomic mass is 9.95. The van der Waals surface area contributed by atoms with Gasteiger partial charge in [-0.25, -0.2) is 0 Å². The van der Waals surface area contributed by atoms with Gasteiger partial charge < -0.3 is 14.8 Å². The fraction of sp³-hybridized carbons (Fsp3) is 0.440. The van der Waals surface area contributed by atoms with Gasteiger partial charge in [0.1, 0.15) is 12.2 Å². The first-order chi connectivity index (χ1) is 15.1. The summed E-state index contributed by atoms with van der Waals surface area (Å²) in [6.07, 6.45) is 7.67. The van der Waals surface area contributed by atoms with E-state index in [1.54, 1.807) is 11.3 Å². The van der Waals surface area contributed by atoms with Gasteiger partial charge in [-0.05, 0) is 61.7 Å². The maximum absolute atomic E-state index is 13.4. The highest BCUT2D eigenvalue weighted by Gasteiger charge is 2.26. The minimum absolute atomic E-state index is 0.0419. The molecule has 5 rings (SSSR count). The third kappa shape index (κ3) is 4.01. The van der Waals surface area contributed by atoms with E-state index < -0.39 is 0 Å². The van der Waals surface area contributed by atoms with Gasteiger partial charge in [-0.1, -0.05) is 37.0 Å². The molecule has 0 radical (unpaired) electrons. The Morgan fingerprint density at radius 2 is 1.94 bits per heavy atom. The fourth-order valence-electron chi connectivity index (χ4n) is 5.05. The van der Waals surface area contributed by atoms with Crippen LogP contribution < -0.4 is 10.2 Å². The van der Waals surface area contributed by atoms with Crippen molar-refractivity contribution < 1.29 is 9.59 Å². The molecule has 1 aliphatic carbocycles. The lowest BCUT2D eigenvalue weighted by molar-refractivity contribution is -0.119. The van der Waals surface area contributed by atoms with Crippen LogP contribution in [0.3, 0.4) is 0 Å². The molecule has 162 valence electrons. The number of aromatic nitrogens is 1. The summed E-state index contributed by atoms with van der Waals surface area (Å²) >= 11 is 1.61. The Bertz CT molecular complexity index is 1120. The Morgan fingerprint density at radius 1 is 1.10 bits per heavy atom. The summed E-state index contributed by atoms with van der Waals surface area (Å²) < 4.78 is 2.96. The zero-order chi connectivity index (χ0) is 21.4. The Balaban J connectivity index is 1.41. The number of anilines is 1. The van der Waals surface area contributed by atoms with Crippen LogP contribution in [0.5, 0.6) is 0 Å². The number of fused-ring (bicyclic) bond motifs is 2. The molecule has 0 unspecified atom stereocenters. The first-order valence-corrected chi connectivity index (χ1v) is 12.3. The van der Waals surface area contributed by atoms with Crippen LogP contribution in [0.25, 0.3) is 10.2 Å². The van der Waals surface area contributed by atoms with Crippen LogP contribution in [0.2, 0.25) is 0 Å². The van der Waals surface area contributed by atoms with E-state index in [2.05, 4.69) is 30.4 Å². The molecular weight excluding hydrogens is 406 g/mol. The molecule has 1 fully saturated rings. The molecule has 1 aromatic carbocycles. The first kappa shape index (κ1) is 20.3. The molecule has 1 saturated carbocycles. The van der Waals surface area contributed by atoms with Crippen LogP contribution in [-0.2, 0) is 17.8 Å². The minimum atomic E-state index is -0.0576. The molecule has 0 saturated heterocycles. The van der Waals surface area contributed by atoms with E-state index in [0.29, 0.717) is 5.69 Å². The van der Waals surface area contributed by atoms with Gasteiger partial charge in [0.05, 0.1) is 10.2 Å². The van der Waals surface area contributed by atoms with Crippen LogP contribution >= 0.6 is 11.3 Å². The number of carbonyl (C=O) groups excluding carboxylic acids is 2. The zero-order valence-electron chi connectivity index (χ0n) is 18.0. The third-order valence-corrected chi connectivity index (χ3v) is 7.50. The number of nitrogens with one attached hydrogen (secondary N) is 1. The predicted octanol–water partition coefficient (Wildman–Crippen LogP) is 5.05. The van der Waals surface area contributed by atoms with Crippen LogP contribution in [0.1, 0.15) is 60.1 Å². The highest BCUT2D eigenvalue weighted by Crippen LogP contribution is 2.30. The molecule has 1 aliphatic heterocycles. The van der Waals surface area contributed by atoms with Crippen molar-refractivity contribution in [3.8, 4) is 0 Å². The third-order valence-electron chi connectivity index (χ3n) is 6.64. The number of hydrogen-bond donors (Lipinski definition) is 1. The van der Waals surface area contributed by atoms with Gasteiger partial charge in [0.2, 0.25) is 5.91 Å². The second-order valence-corrected chi connectivity index (χ2v) is 9.82. The van der Waals surface area contributed by atoms with Crippen molar-refractivity contribution in [2.24, 2.45) is 0 Å². The molecule has 2 aromatic heterocycles. The monoisotopic (exact) mass is 435 g/mol. The number of aryl methyl sites for hydroxylation is 2. The van der Waals surface area contributed by atoms with Gasteiger partial charge in [0, 0.05) is 18.3 Å². The van der Waals surface area contributed by atoms with Crippen LogP contribution in [-0.4, -0.2) is 29.0 Å². The smallest absolute Gasteiger partial charge is 0.268 e. The van der Waals surface area contributed by atoms with Gasteiger partial charge in [-0.15, -0.1) is 11.3 Å². The maximum Gasteiger partial charge on any atom is 0.268 e. The van der Waals surface area contributed by atoms with E-state index >= 15 is 0 Å². The van der Waals surface area contributed by atoms with Crippen molar-refractivity contribution in [2.45, 2.75) is 64.5 Å². The molecule has 2 amide bonds. The molecule has 1 N–H and O–H groups in total. The number of amides is 2. The van der Waals surface area contributed by atoms with E-state index in [9.17, 15) is 9.59 Å². The standard InChI is InChI=1S/C25H29N3O2S/c1-17-9-10-20-18(14-17)6-5-12-27(20)24(29)16-28-21-11-13-31-23(21)15-22(28)25(30)26-19-7-3-2-4-8-19/h9-11,13-15,19H,2-8,12,16H2,1H3,(H,26,30). The quantitative estimate of drug-likeness (QED) is 0.623. The number of benzene rings is 1. The van der Waals surface area contributed by atoms with Crippen molar-refractivity contribution in [1.29, 1.82) is 0 Å². The van der Waals surface area contributed by atoms with Gasteiger partial charge in [0.25, 0.3) is 5.91 Å². The second kappa shape index (κ2) is 8.50. The lowest BCUT2D eigenvalue weighted by Gasteiger charge is -2.30. The number of thiophene rings is 1. The molecule has 6 heteroatoms. The van der Waals surface area contributed by atoms with Gasteiger partial charge in [-0.2, -0.15) is 0 Å². The normalized spacial score (nSPS) is 17.0. The van der Waals surface area contributed by atoms with Gasteiger partial charge in [-0.3, -0.25) is 9.59 Å². The SMILES string of the molecule is Cc1ccc2c(c1)CCCN2C(=O)Cn1c(C(=O)NC2CCCCC2)cc2sccc21. The maximum atomic E-state index is 13.4. The largest absolute Gasteiger partial charge is 0.348 e. The van der Waals surface area contributed by atoms with Crippen LogP contribution in [0.15, 0.2) is 35.7 Å². The number of nitrogens with zero attached hydrogens (tertiary/aromatic N) is 2. The van der Waals surface area contributed by atoms with E-state index in [1.165, 1.54) is 30.4 Å². The summed E-state index contributed by atoms with van der Waals surface area (Å²) in [5.41, 5.74) is 5.04. The molecule has 5 nitrogen and oxygen atoms in total. The number of rotatable bonds is 4. The van der Waals surface area contributed by atoms with Crippen molar-refractivity contribution >= 4 is 39.1 Å². The minimum Gasteiger partial charge on any atom is -0.348 e. The topological polar surface area (TPSA) is 54.3 Å². The zero-order valence-corrected chi connectivity index (χ0v) is 18.8.